The number of benzene rings is 1. The number of aryl methyl sites for hydroxylation is 2. The number of nitrogens with zero attached hydrogens (tertiary/aromatic N) is 2. The van der Waals surface area contributed by atoms with Crippen LogP contribution in [0.5, 0.6) is 0 Å². The minimum absolute atomic E-state index is 0.281. The van der Waals surface area contributed by atoms with E-state index in [1.165, 1.54) is 11.3 Å². The molecule has 0 radical (unpaired) electrons. The van der Waals surface area contributed by atoms with Crippen molar-refractivity contribution in [2.45, 2.75) is 39.2 Å². The predicted octanol–water partition coefficient (Wildman–Crippen LogP) is 4.28. The van der Waals surface area contributed by atoms with Gasteiger partial charge >= 0.3 is 0 Å². The molecule has 0 bridgehead atoms. The second kappa shape index (κ2) is 7.56. The van der Waals surface area contributed by atoms with Crippen molar-refractivity contribution in [1.82, 2.24) is 9.78 Å². The number of hydrogen-bond acceptors (Lipinski definition) is 2. The molecule has 3 nitrogen and oxygen atoms in total. The molecule has 0 amide bonds. The lowest BCUT2D eigenvalue weighted by molar-refractivity contribution is 0.579. The highest BCUT2D eigenvalue weighted by atomic mass is 79.9. The molecule has 0 aliphatic carbocycles. The molecule has 0 aliphatic heterocycles. The van der Waals surface area contributed by atoms with Gasteiger partial charge in [0.15, 0.2) is 0 Å². The van der Waals surface area contributed by atoms with Gasteiger partial charge in [0.2, 0.25) is 0 Å². The zero-order valence-electron chi connectivity index (χ0n) is 12.4. The Balaban J connectivity index is 2.35. The fourth-order valence-corrected chi connectivity index (χ4v) is 3.91. The summed E-state index contributed by atoms with van der Waals surface area (Å²) in [6.07, 6.45) is 1.82. The number of nitrogens with two attached hydrogens (primary N) is 1. The van der Waals surface area contributed by atoms with Crippen LogP contribution < -0.4 is 5.73 Å². The van der Waals surface area contributed by atoms with Crippen LogP contribution in [0.25, 0.3) is 0 Å². The van der Waals surface area contributed by atoms with Crippen LogP contribution in [0, 0.1) is 0 Å². The molecule has 21 heavy (non-hydrogen) atoms. The van der Waals surface area contributed by atoms with E-state index >= 15 is 0 Å². The standard InChI is InChI=1S/C16H21Br2N3/c1-3-14-16(18)15(21(4-2)20-14)9-11(10-19)12-7-5-6-8-13(12)17/h5-8,11H,3-4,9-10,19H2,1-2H3. The average Bonchev–Trinajstić information content (AvgIpc) is 2.81. The maximum Gasteiger partial charge on any atom is 0.0766 e. The van der Waals surface area contributed by atoms with Crippen LogP contribution in [0.3, 0.4) is 0 Å². The predicted molar refractivity (Wildman–Crippen MR) is 94.6 cm³/mol. The van der Waals surface area contributed by atoms with Crippen molar-refractivity contribution in [3.8, 4) is 0 Å². The third-order valence-corrected chi connectivity index (χ3v) is 5.40. The molecule has 5 heteroatoms. The van der Waals surface area contributed by atoms with Crippen LogP contribution in [0.15, 0.2) is 33.2 Å². The summed E-state index contributed by atoms with van der Waals surface area (Å²) in [5.41, 5.74) is 9.65. The van der Waals surface area contributed by atoms with Crippen molar-refractivity contribution >= 4 is 31.9 Å². The van der Waals surface area contributed by atoms with Crippen LogP contribution >= 0.6 is 31.9 Å². The Morgan fingerprint density at radius 2 is 1.95 bits per heavy atom. The van der Waals surface area contributed by atoms with E-state index in [1.54, 1.807) is 0 Å². The van der Waals surface area contributed by atoms with E-state index in [4.69, 9.17) is 5.73 Å². The molecule has 0 saturated carbocycles. The minimum atomic E-state index is 0.281. The topological polar surface area (TPSA) is 43.8 Å². The number of aromatic nitrogens is 2. The summed E-state index contributed by atoms with van der Waals surface area (Å²) < 4.78 is 4.34. The summed E-state index contributed by atoms with van der Waals surface area (Å²) in [4.78, 5) is 0. The first-order chi connectivity index (χ1) is 10.1. The molecule has 1 aromatic carbocycles. The molecule has 0 aliphatic rings. The molecule has 0 spiro atoms. The Hall–Kier alpha value is -0.650. The molecule has 0 fully saturated rings. The molecule has 1 unspecified atom stereocenters. The lowest BCUT2D eigenvalue weighted by Crippen LogP contribution is -2.17. The molecular formula is C16H21Br2N3. The van der Waals surface area contributed by atoms with Crippen molar-refractivity contribution < 1.29 is 0 Å². The van der Waals surface area contributed by atoms with Gasteiger partial charge in [-0.2, -0.15) is 5.10 Å². The molecule has 2 rings (SSSR count). The van der Waals surface area contributed by atoms with E-state index in [9.17, 15) is 0 Å². The van der Waals surface area contributed by atoms with Gasteiger partial charge in [-0.3, -0.25) is 4.68 Å². The number of rotatable bonds is 6. The zero-order valence-corrected chi connectivity index (χ0v) is 15.6. The van der Waals surface area contributed by atoms with Crippen LogP contribution in [0.2, 0.25) is 0 Å². The summed E-state index contributed by atoms with van der Waals surface area (Å²) in [7, 11) is 0. The van der Waals surface area contributed by atoms with E-state index in [1.807, 2.05) is 6.07 Å². The van der Waals surface area contributed by atoms with Crippen LogP contribution in [-0.2, 0) is 19.4 Å². The second-order valence-electron chi connectivity index (χ2n) is 5.03. The Bertz CT molecular complexity index is 608. The van der Waals surface area contributed by atoms with Gasteiger partial charge in [-0.1, -0.05) is 41.1 Å². The van der Waals surface area contributed by atoms with Gasteiger partial charge in [-0.05, 0) is 53.9 Å². The maximum absolute atomic E-state index is 6.04. The Morgan fingerprint density at radius 1 is 1.24 bits per heavy atom. The van der Waals surface area contributed by atoms with Gasteiger partial charge in [-0.25, -0.2) is 0 Å². The molecule has 1 heterocycles. The monoisotopic (exact) mass is 413 g/mol. The normalized spacial score (nSPS) is 12.6. The van der Waals surface area contributed by atoms with Crippen molar-refractivity contribution in [2.75, 3.05) is 6.54 Å². The lowest BCUT2D eigenvalue weighted by atomic mass is 9.94. The average molecular weight is 415 g/mol. The Morgan fingerprint density at radius 3 is 2.52 bits per heavy atom. The smallest absolute Gasteiger partial charge is 0.0766 e. The van der Waals surface area contributed by atoms with Crippen LogP contribution in [0.4, 0.5) is 0 Å². The summed E-state index contributed by atoms with van der Waals surface area (Å²) in [5.74, 6) is 0.281. The van der Waals surface area contributed by atoms with Crippen molar-refractivity contribution in [1.29, 1.82) is 0 Å². The highest BCUT2D eigenvalue weighted by Gasteiger charge is 2.20. The summed E-state index contributed by atoms with van der Waals surface area (Å²) in [6.45, 7) is 5.75. The van der Waals surface area contributed by atoms with E-state index in [0.29, 0.717) is 6.54 Å². The van der Waals surface area contributed by atoms with Gasteiger partial charge in [0, 0.05) is 16.9 Å². The largest absolute Gasteiger partial charge is 0.330 e. The first-order valence-corrected chi connectivity index (χ1v) is 8.89. The number of hydrogen-bond donors (Lipinski definition) is 1. The second-order valence-corrected chi connectivity index (χ2v) is 6.68. The summed E-state index contributed by atoms with van der Waals surface area (Å²) >= 11 is 7.35. The highest BCUT2D eigenvalue weighted by Crippen LogP contribution is 2.31. The maximum atomic E-state index is 6.04. The van der Waals surface area contributed by atoms with Gasteiger partial charge in [0.1, 0.15) is 0 Å². The van der Waals surface area contributed by atoms with Gasteiger partial charge in [0.25, 0.3) is 0 Å². The zero-order chi connectivity index (χ0) is 15.4. The van der Waals surface area contributed by atoms with E-state index < -0.39 is 0 Å². The Labute approximate surface area is 143 Å². The minimum Gasteiger partial charge on any atom is -0.330 e. The fourth-order valence-electron chi connectivity index (χ4n) is 2.57. The number of halogens is 2. The first kappa shape index (κ1) is 16.7. The quantitative estimate of drug-likeness (QED) is 0.766. The molecule has 2 N–H and O–H groups in total. The molecule has 2 aromatic rings. The van der Waals surface area contributed by atoms with Crippen LogP contribution in [0.1, 0.15) is 36.7 Å². The first-order valence-electron chi connectivity index (χ1n) is 7.30. The molecular weight excluding hydrogens is 394 g/mol. The van der Waals surface area contributed by atoms with E-state index in [0.717, 1.165) is 34.0 Å². The molecule has 1 atom stereocenters. The highest BCUT2D eigenvalue weighted by molar-refractivity contribution is 9.10. The van der Waals surface area contributed by atoms with Gasteiger partial charge in [-0.15, -0.1) is 0 Å². The van der Waals surface area contributed by atoms with E-state index in [-0.39, 0.29) is 5.92 Å². The van der Waals surface area contributed by atoms with Gasteiger partial charge in [0.05, 0.1) is 15.9 Å². The van der Waals surface area contributed by atoms with Crippen molar-refractivity contribution in [2.24, 2.45) is 5.73 Å². The Kier molecular flexibility index (Phi) is 6.02. The molecule has 114 valence electrons. The van der Waals surface area contributed by atoms with Crippen LogP contribution in [-0.4, -0.2) is 16.3 Å². The van der Waals surface area contributed by atoms with Crippen molar-refractivity contribution in [3.63, 3.8) is 0 Å². The molecule has 0 saturated heterocycles. The summed E-state index contributed by atoms with van der Waals surface area (Å²) in [5, 5.41) is 4.67. The third-order valence-electron chi connectivity index (χ3n) is 3.76. The van der Waals surface area contributed by atoms with E-state index in [2.05, 4.69) is 73.7 Å². The molecule has 1 aromatic heterocycles. The van der Waals surface area contributed by atoms with Crippen molar-refractivity contribution in [3.05, 3.63) is 50.2 Å². The third kappa shape index (κ3) is 3.58. The summed E-state index contributed by atoms with van der Waals surface area (Å²) in [6, 6.07) is 8.31. The fraction of sp³-hybridized carbons (Fsp3) is 0.438. The SMILES string of the molecule is CCc1nn(CC)c(CC(CN)c2ccccc2Br)c1Br. The van der Waals surface area contributed by atoms with Gasteiger partial charge < -0.3 is 5.73 Å². The lowest BCUT2D eigenvalue weighted by Gasteiger charge is -2.18.